The molecule has 0 amide bonds. The zero-order valence-corrected chi connectivity index (χ0v) is 15.7. The number of hydrogen-bond acceptors (Lipinski definition) is 1. The molecule has 0 saturated heterocycles. The summed E-state index contributed by atoms with van der Waals surface area (Å²) in [4.78, 5) is 0. The van der Waals surface area contributed by atoms with Crippen molar-refractivity contribution in [2.24, 2.45) is 0 Å². The Labute approximate surface area is 134 Å². The summed E-state index contributed by atoms with van der Waals surface area (Å²) in [7, 11) is 0. The van der Waals surface area contributed by atoms with Gasteiger partial charge in [-0.15, -0.1) is 0 Å². The molecule has 0 nitrogen and oxygen atoms in total. The Bertz CT molecular complexity index is 654. The molecule has 3 heteroatoms. The molecule has 0 radical (unpaired) electrons. The van der Waals surface area contributed by atoms with Crippen LogP contribution in [-0.4, -0.2) is 35.4 Å². The van der Waals surface area contributed by atoms with Crippen LogP contribution < -0.4 is 3.61 Å². The van der Waals surface area contributed by atoms with Gasteiger partial charge in [0.05, 0.1) is 0 Å². The molecule has 2 aromatic heterocycles. The van der Waals surface area contributed by atoms with Crippen molar-refractivity contribution < 1.29 is 0 Å². The minimum atomic E-state index is -0.00581. The predicted molar refractivity (Wildman–Crippen MR) is 89.3 cm³/mol. The van der Waals surface area contributed by atoms with Gasteiger partial charge in [0, 0.05) is 0 Å². The molecule has 0 aliphatic carbocycles. The van der Waals surface area contributed by atoms with E-state index in [1.54, 1.807) is 17.0 Å². The molecular formula is C16H16SSeTe. The van der Waals surface area contributed by atoms with Crippen LogP contribution in [0.15, 0.2) is 41.8 Å². The van der Waals surface area contributed by atoms with E-state index in [0.29, 0.717) is 14.5 Å². The average Bonchev–Trinajstić information content (AvgIpc) is 3.02. The van der Waals surface area contributed by atoms with Crippen LogP contribution in [0, 0.1) is 0 Å². The summed E-state index contributed by atoms with van der Waals surface area (Å²) in [6.45, 7) is 2.30. The molecule has 0 atom stereocenters. The molecule has 3 rings (SSSR count). The Morgan fingerprint density at radius 2 is 2.00 bits per heavy atom. The van der Waals surface area contributed by atoms with Gasteiger partial charge >= 0.3 is 135 Å². The fraction of sp³-hybridized carbons (Fsp3) is 0.250. The number of fused-ring (bicyclic) bond motifs is 1. The van der Waals surface area contributed by atoms with Crippen LogP contribution in [0.3, 0.4) is 0 Å². The number of benzene rings is 1. The van der Waals surface area contributed by atoms with Gasteiger partial charge in [-0.1, -0.05) is 0 Å². The number of hydrogen-bond donors (Lipinski definition) is 0. The quantitative estimate of drug-likeness (QED) is 0.407. The van der Waals surface area contributed by atoms with Crippen molar-refractivity contribution in [1.82, 2.24) is 0 Å². The summed E-state index contributed by atoms with van der Waals surface area (Å²) in [6, 6.07) is 13.4. The van der Waals surface area contributed by atoms with Crippen LogP contribution in [0.5, 0.6) is 0 Å². The van der Waals surface area contributed by atoms with Crippen molar-refractivity contribution in [3.05, 3.63) is 41.8 Å². The molecule has 0 aliphatic rings. The average molecular weight is 447 g/mol. The summed E-state index contributed by atoms with van der Waals surface area (Å²) in [5, 5.41) is 3.89. The van der Waals surface area contributed by atoms with Crippen molar-refractivity contribution in [3.8, 4) is 10.0 Å². The van der Waals surface area contributed by atoms with Crippen LogP contribution in [0.2, 0.25) is 4.47 Å². The first-order valence-electron chi connectivity index (χ1n) is 6.58. The van der Waals surface area contributed by atoms with E-state index < -0.39 is 0 Å². The molecular weight excluding hydrogens is 431 g/mol. The van der Waals surface area contributed by atoms with Crippen molar-refractivity contribution in [1.29, 1.82) is 0 Å². The summed E-state index contributed by atoms with van der Waals surface area (Å²) >= 11 is 2.51. The monoisotopic (exact) mass is 450 g/mol. The summed E-state index contributed by atoms with van der Waals surface area (Å²) in [5.74, 6) is 0. The third kappa shape index (κ3) is 3.02. The van der Waals surface area contributed by atoms with Gasteiger partial charge in [-0.25, -0.2) is 0 Å². The Morgan fingerprint density at radius 3 is 2.79 bits per heavy atom. The van der Waals surface area contributed by atoms with E-state index in [2.05, 4.69) is 48.7 Å². The maximum atomic E-state index is 2.36. The Hall–Kier alpha value is -0.0309. The first-order valence-corrected chi connectivity index (χ1v) is 12.0. The summed E-state index contributed by atoms with van der Waals surface area (Å²) < 4.78 is 6.57. The van der Waals surface area contributed by atoms with Gasteiger partial charge < -0.3 is 0 Å². The molecule has 98 valence electrons. The maximum absolute atomic E-state index is 2.36. The van der Waals surface area contributed by atoms with E-state index >= 15 is 0 Å². The van der Waals surface area contributed by atoms with Crippen molar-refractivity contribution in [2.75, 3.05) is 0 Å². The van der Waals surface area contributed by atoms with Gasteiger partial charge in [0.15, 0.2) is 0 Å². The molecule has 0 bridgehead atoms. The van der Waals surface area contributed by atoms with Gasteiger partial charge in [-0.2, -0.15) is 0 Å². The molecule has 0 fully saturated rings. The molecule has 0 spiro atoms. The third-order valence-corrected chi connectivity index (χ3v) is 11.3. The Kier molecular flexibility index (Phi) is 4.85. The minimum absolute atomic E-state index is 0.00581. The van der Waals surface area contributed by atoms with Gasteiger partial charge in [0.25, 0.3) is 0 Å². The number of thiophene rings is 1. The third-order valence-electron chi connectivity index (χ3n) is 3.06. The van der Waals surface area contributed by atoms with Crippen molar-refractivity contribution in [3.63, 3.8) is 0 Å². The van der Waals surface area contributed by atoms with E-state index in [1.165, 1.54) is 22.9 Å². The number of rotatable bonds is 5. The second kappa shape index (κ2) is 6.61. The summed E-state index contributed by atoms with van der Waals surface area (Å²) in [6.07, 6.45) is 2.74. The Balaban J connectivity index is 2.02. The van der Waals surface area contributed by atoms with Crippen LogP contribution in [0.1, 0.15) is 19.8 Å². The molecule has 1 aromatic carbocycles. The molecule has 0 aliphatic heterocycles. The molecule has 19 heavy (non-hydrogen) atoms. The SMILES string of the molecule is CCCC[Te]c1c(-c2ccccc2)[se]c2sccc12. The molecule has 2 heterocycles. The standard InChI is InChI=1S/C16H16SSeTe/c1-2-3-11-19-15-13-9-10-17-16(13)18-14(15)12-7-5-4-6-8-12/h4-10H,2-3,11H2,1H3. The van der Waals surface area contributed by atoms with Gasteiger partial charge in [0.1, 0.15) is 0 Å². The molecule has 3 aromatic rings. The fourth-order valence-corrected chi connectivity index (χ4v) is 11.3. The van der Waals surface area contributed by atoms with E-state index in [4.69, 9.17) is 0 Å². The van der Waals surface area contributed by atoms with Crippen molar-refractivity contribution in [2.45, 2.75) is 24.2 Å². The Morgan fingerprint density at radius 1 is 1.16 bits per heavy atom. The molecule has 0 unspecified atom stereocenters. The molecule has 0 saturated carbocycles. The van der Waals surface area contributed by atoms with Crippen LogP contribution in [-0.2, 0) is 0 Å². The zero-order valence-electron chi connectivity index (χ0n) is 10.9. The molecule has 0 N–H and O–H groups in total. The van der Waals surface area contributed by atoms with E-state index in [-0.39, 0.29) is 20.9 Å². The van der Waals surface area contributed by atoms with E-state index in [9.17, 15) is 0 Å². The van der Waals surface area contributed by atoms with E-state index in [1.807, 2.05) is 11.3 Å². The first kappa shape index (κ1) is 13.9. The zero-order chi connectivity index (χ0) is 13.1. The van der Waals surface area contributed by atoms with Crippen LogP contribution in [0.4, 0.5) is 0 Å². The summed E-state index contributed by atoms with van der Waals surface area (Å²) in [5.41, 5.74) is 1.47. The normalized spacial score (nSPS) is 11.2. The number of unbranched alkanes of at least 4 members (excludes halogenated alkanes) is 1. The van der Waals surface area contributed by atoms with Gasteiger partial charge in [-0.3, -0.25) is 0 Å². The second-order valence-corrected chi connectivity index (χ2v) is 11.2. The van der Waals surface area contributed by atoms with Crippen LogP contribution in [0.25, 0.3) is 19.0 Å². The van der Waals surface area contributed by atoms with Gasteiger partial charge in [0.2, 0.25) is 0 Å². The fourth-order valence-electron chi connectivity index (χ4n) is 2.05. The predicted octanol–water partition coefficient (Wildman–Crippen LogP) is 4.17. The second-order valence-electron chi connectivity index (χ2n) is 4.45. The van der Waals surface area contributed by atoms with E-state index in [0.717, 1.165) is 0 Å². The first-order chi connectivity index (χ1) is 9.40. The van der Waals surface area contributed by atoms with Crippen molar-refractivity contribution >= 4 is 59.3 Å². The van der Waals surface area contributed by atoms with Gasteiger partial charge in [-0.05, 0) is 0 Å². The van der Waals surface area contributed by atoms with Crippen LogP contribution >= 0.6 is 11.3 Å². The topological polar surface area (TPSA) is 0 Å².